The maximum Gasteiger partial charge on any atom is 0.232 e. The maximum atomic E-state index is 13.3. The molecule has 1 unspecified atom stereocenters. The van der Waals surface area contributed by atoms with E-state index in [1.807, 2.05) is 48.5 Å². The molecule has 1 atom stereocenters. The molecule has 194 valence electrons. The van der Waals surface area contributed by atoms with Crippen LogP contribution in [0.5, 0.6) is 0 Å². The molecule has 6 heteroatoms. The Balaban J connectivity index is 1.19. The number of anilines is 1. The zero-order valence-electron chi connectivity index (χ0n) is 21.4. The molecule has 2 fully saturated rings. The van der Waals surface area contributed by atoms with Gasteiger partial charge in [0.1, 0.15) is 5.41 Å². The van der Waals surface area contributed by atoms with E-state index < -0.39 is 5.41 Å². The minimum atomic E-state index is -0.812. The molecule has 1 amide bonds. The molecule has 0 bridgehead atoms. The lowest BCUT2D eigenvalue weighted by atomic mass is 9.64. The molecule has 3 aromatic carbocycles. The van der Waals surface area contributed by atoms with Gasteiger partial charge in [0.15, 0.2) is 0 Å². The predicted octanol–water partition coefficient (Wildman–Crippen LogP) is 4.65. The summed E-state index contributed by atoms with van der Waals surface area (Å²) < 4.78 is 0. The van der Waals surface area contributed by atoms with Crippen molar-refractivity contribution in [3.63, 3.8) is 0 Å². The SMILES string of the molecule is NC(=O)C(c1ccccc1)(c1ccccc1)C1CCN(CCCN2CCN(c3cccc(Cl)c3)CC2)C1. The zero-order chi connectivity index (χ0) is 25.7. The summed E-state index contributed by atoms with van der Waals surface area (Å²) in [6, 6.07) is 28.4. The molecule has 3 aromatic rings. The second-order valence-corrected chi connectivity index (χ2v) is 10.8. The predicted molar refractivity (Wildman–Crippen MR) is 152 cm³/mol. The lowest BCUT2D eigenvalue weighted by Crippen LogP contribution is -2.49. The molecule has 0 spiro atoms. The molecular formula is C31H37ClN4O. The van der Waals surface area contributed by atoms with Gasteiger partial charge in [-0.05, 0) is 67.7 Å². The Morgan fingerprint density at radius 3 is 2.03 bits per heavy atom. The van der Waals surface area contributed by atoms with Gasteiger partial charge in [0.05, 0.1) is 0 Å². The van der Waals surface area contributed by atoms with Gasteiger partial charge in [-0.3, -0.25) is 9.69 Å². The Morgan fingerprint density at radius 1 is 0.811 bits per heavy atom. The lowest BCUT2D eigenvalue weighted by Gasteiger charge is -2.38. The third-order valence-corrected chi connectivity index (χ3v) is 8.46. The molecule has 0 aromatic heterocycles. The van der Waals surface area contributed by atoms with Crippen molar-refractivity contribution in [2.24, 2.45) is 11.7 Å². The zero-order valence-corrected chi connectivity index (χ0v) is 22.2. The number of nitrogens with zero attached hydrogens (tertiary/aromatic N) is 3. The van der Waals surface area contributed by atoms with Gasteiger partial charge in [-0.2, -0.15) is 0 Å². The quantitative estimate of drug-likeness (QED) is 0.450. The van der Waals surface area contributed by atoms with Crippen molar-refractivity contribution in [2.75, 3.05) is 57.3 Å². The fourth-order valence-corrected chi connectivity index (χ4v) is 6.52. The molecule has 37 heavy (non-hydrogen) atoms. The van der Waals surface area contributed by atoms with Gasteiger partial charge in [0.2, 0.25) is 5.91 Å². The lowest BCUT2D eigenvalue weighted by molar-refractivity contribution is -0.123. The van der Waals surface area contributed by atoms with E-state index in [0.717, 1.165) is 81.3 Å². The molecule has 0 radical (unpaired) electrons. The Hall–Kier alpha value is -2.86. The number of carbonyl (C=O) groups is 1. The van der Waals surface area contributed by atoms with Gasteiger partial charge in [0.25, 0.3) is 0 Å². The van der Waals surface area contributed by atoms with Crippen molar-refractivity contribution in [3.05, 3.63) is 101 Å². The third-order valence-electron chi connectivity index (χ3n) is 8.23. The molecular weight excluding hydrogens is 480 g/mol. The number of hydrogen-bond donors (Lipinski definition) is 1. The van der Waals surface area contributed by atoms with Crippen LogP contribution in [-0.2, 0) is 10.2 Å². The highest BCUT2D eigenvalue weighted by molar-refractivity contribution is 6.30. The Morgan fingerprint density at radius 2 is 1.43 bits per heavy atom. The molecule has 2 saturated heterocycles. The molecule has 5 rings (SSSR count). The van der Waals surface area contributed by atoms with E-state index in [1.165, 1.54) is 5.69 Å². The molecule has 5 nitrogen and oxygen atoms in total. The number of likely N-dealkylation sites (tertiary alicyclic amines) is 1. The number of amides is 1. The first-order valence-electron chi connectivity index (χ1n) is 13.4. The van der Waals surface area contributed by atoms with Crippen LogP contribution in [0.4, 0.5) is 5.69 Å². The van der Waals surface area contributed by atoms with E-state index >= 15 is 0 Å². The minimum Gasteiger partial charge on any atom is -0.369 e. The van der Waals surface area contributed by atoms with E-state index in [2.05, 4.69) is 51.1 Å². The van der Waals surface area contributed by atoms with E-state index in [-0.39, 0.29) is 11.8 Å². The summed E-state index contributed by atoms with van der Waals surface area (Å²) in [5.41, 5.74) is 8.64. The summed E-state index contributed by atoms with van der Waals surface area (Å²) in [4.78, 5) is 20.8. The van der Waals surface area contributed by atoms with E-state index in [1.54, 1.807) is 0 Å². The normalized spacial score (nSPS) is 19.3. The standard InChI is InChI=1S/C31H37ClN4O/c32-28-13-7-14-29(23-28)36-21-19-34(20-22-36)16-8-17-35-18-15-27(24-35)31(30(33)37,25-9-3-1-4-10-25)26-11-5-2-6-12-26/h1-7,9-14,23,27H,8,15-22,24H2,(H2,33,37). The second kappa shape index (κ2) is 11.7. The van der Waals surface area contributed by atoms with Crippen molar-refractivity contribution in [3.8, 4) is 0 Å². The number of carbonyl (C=O) groups excluding carboxylic acids is 1. The monoisotopic (exact) mass is 516 g/mol. The molecule has 2 aliphatic rings. The average Bonchev–Trinajstić information content (AvgIpc) is 3.39. The highest BCUT2D eigenvalue weighted by atomic mass is 35.5. The van der Waals surface area contributed by atoms with Crippen LogP contribution in [0.25, 0.3) is 0 Å². The highest BCUT2D eigenvalue weighted by Gasteiger charge is 2.49. The second-order valence-electron chi connectivity index (χ2n) is 10.4. The summed E-state index contributed by atoms with van der Waals surface area (Å²) in [6.45, 7) is 8.23. The van der Waals surface area contributed by atoms with Crippen LogP contribution in [0.1, 0.15) is 24.0 Å². The van der Waals surface area contributed by atoms with Gasteiger partial charge in [0, 0.05) is 43.4 Å². The number of nitrogens with two attached hydrogens (primary N) is 1. The van der Waals surface area contributed by atoms with Crippen molar-refractivity contribution >= 4 is 23.2 Å². The number of primary amides is 1. The summed E-state index contributed by atoms with van der Waals surface area (Å²) in [5, 5.41) is 0.795. The van der Waals surface area contributed by atoms with Crippen molar-refractivity contribution in [1.29, 1.82) is 0 Å². The van der Waals surface area contributed by atoms with Crippen LogP contribution in [0.2, 0.25) is 5.02 Å². The van der Waals surface area contributed by atoms with Crippen LogP contribution in [0, 0.1) is 5.92 Å². The van der Waals surface area contributed by atoms with Crippen LogP contribution in [0.3, 0.4) is 0 Å². The summed E-state index contributed by atoms with van der Waals surface area (Å²) in [7, 11) is 0. The van der Waals surface area contributed by atoms with Gasteiger partial charge < -0.3 is 15.5 Å². The largest absolute Gasteiger partial charge is 0.369 e. The first-order valence-corrected chi connectivity index (χ1v) is 13.8. The van der Waals surface area contributed by atoms with E-state index in [4.69, 9.17) is 17.3 Å². The molecule has 2 N–H and O–H groups in total. The number of rotatable bonds is 9. The number of halogens is 1. The third kappa shape index (κ3) is 5.54. The molecule has 2 aliphatic heterocycles. The number of hydrogen-bond acceptors (Lipinski definition) is 4. The molecule has 0 saturated carbocycles. The summed E-state index contributed by atoms with van der Waals surface area (Å²) in [5.74, 6) is -0.106. The van der Waals surface area contributed by atoms with Crippen LogP contribution in [0.15, 0.2) is 84.9 Å². The van der Waals surface area contributed by atoms with Crippen molar-refractivity contribution in [2.45, 2.75) is 18.3 Å². The van der Waals surface area contributed by atoms with E-state index in [0.29, 0.717) is 0 Å². The van der Waals surface area contributed by atoms with Gasteiger partial charge in [-0.15, -0.1) is 0 Å². The highest BCUT2D eigenvalue weighted by Crippen LogP contribution is 2.43. The fraction of sp³-hybridized carbons (Fsp3) is 0.387. The van der Waals surface area contributed by atoms with Crippen molar-refractivity contribution < 1.29 is 4.79 Å². The molecule has 2 heterocycles. The smallest absolute Gasteiger partial charge is 0.232 e. The van der Waals surface area contributed by atoms with Gasteiger partial charge in [-0.25, -0.2) is 0 Å². The van der Waals surface area contributed by atoms with Gasteiger partial charge in [-0.1, -0.05) is 78.3 Å². The summed E-state index contributed by atoms with van der Waals surface area (Å²) >= 11 is 6.18. The minimum absolute atomic E-state index is 0.149. The maximum absolute atomic E-state index is 13.3. The summed E-state index contributed by atoms with van der Waals surface area (Å²) in [6.07, 6.45) is 2.09. The van der Waals surface area contributed by atoms with Gasteiger partial charge >= 0.3 is 0 Å². The topological polar surface area (TPSA) is 52.8 Å². The first-order chi connectivity index (χ1) is 18.1. The van der Waals surface area contributed by atoms with Crippen LogP contribution in [-0.4, -0.2) is 68.1 Å². The Labute approximate surface area is 225 Å². The van der Waals surface area contributed by atoms with Crippen LogP contribution < -0.4 is 10.6 Å². The van der Waals surface area contributed by atoms with Crippen molar-refractivity contribution in [1.82, 2.24) is 9.80 Å². The van der Waals surface area contributed by atoms with E-state index in [9.17, 15) is 4.79 Å². The fourth-order valence-electron chi connectivity index (χ4n) is 6.34. The van der Waals surface area contributed by atoms with Crippen LogP contribution >= 0.6 is 11.6 Å². The molecule has 0 aliphatic carbocycles. The first kappa shape index (κ1) is 25.8. The number of piperazine rings is 1. The Bertz CT molecular complexity index is 1120. The average molecular weight is 517 g/mol. The Kier molecular flexibility index (Phi) is 8.14. The number of benzene rings is 3.